The highest BCUT2D eigenvalue weighted by atomic mass is 15.1. The molecule has 1 fully saturated rings. The van der Waals surface area contributed by atoms with Crippen LogP contribution in [0.2, 0.25) is 0 Å². The van der Waals surface area contributed by atoms with Gasteiger partial charge in [-0.25, -0.2) is 0 Å². The molecule has 21 heavy (non-hydrogen) atoms. The number of nitrogens with one attached hydrogen (secondary N) is 1. The third-order valence-corrected chi connectivity index (χ3v) is 4.03. The molecule has 0 bridgehead atoms. The Kier molecular flexibility index (Phi) is 4.39. The Morgan fingerprint density at radius 2 is 1.86 bits per heavy atom. The van der Waals surface area contributed by atoms with Crippen molar-refractivity contribution in [2.75, 3.05) is 23.3 Å². The van der Waals surface area contributed by atoms with Crippen LogP contribution in [0.4, 0.5) is 11.4 Å². The van der Waals surface area contributed by atoms with Gasteiger partial charge in [-0.2, -0.15) is 0 Å². The summed E-state index contributed by atoms with van der Waals surface area (Å²) in [6.45, 7) is 5.17. The number of pyridine rings is 1. The van der Waals surface area contributed by atoms with Gasteiger partial charge >= 0.3 is 0 Å². The molecule has 3 heteroatoms. The van der Waals surface area contributed by atoms with E-state index in [1.165, 1.54) is 49.3 Å². The van der Waals surface area contributed by atoms with Gasteiger partial charge in [-0.05, 0) is 49.9 Å². The predicted octanol–water partition coefficient (Wildman–Crippen LogP) is 3.99. The van der Waals surface area contributed by atoms with E-state index in [1.807, 2.05) is 6.20 Å². The van der Waals surface area contributed by atoms with E-state index < -0.39 is 0 Å². The van der Waals surface area contributed by atoms with Gasteiger partial charge in [0.15, 0.2) is 0 Å². The maximum absolute atomic E-state index is 4.46. The molecule has 110 valence electrons. The minimum absolute atomic E-state index is 0.769. The number of anilines is 2. The molecule has 3 nitrogen and oxygen atoms in total. The number of benzene rings is 1. The van der Waals surface area contributed by atoms with Crippen LogP contribution in [0.3, 0.4) is 0 Å². The summed E-state index contributed by atoms with van der Waals surface area (Å²) in [5.41, 5.74) is 4.81. The highest BCUT2D eigenvalue weighted by Gasteiger charge is 2.13. The van der Waals surface area contributed by atoms with Crippen molar-refractivity contribution in [3.63, 3.8) is 0 Å². The van der Waals surface area contributed by atoms with Gasteiger partial charge in [0, 0.05) is 19.3 Å². The number of para-hydroxylation sites is 2. The van der Waals surface area contributed by atoms with Crippen molar-refractivity contribution in [3.8, 4) is 0 Å². The Hall–Kier alpha value is -2.03. The summed E-state index contributed by atoms with van der Waals surface area (Å²) in [6.07, 6.45) is 5.88. The molecule has 0 amide bonds. The van der Waals surface area contributed by atoms with Gasteiger partial charge < -0.3 is 10.2 Å². The van der Waals surface area contributed by atoms with Crippen molar-refractivity contribution in [2.45, 2.75) is 32.7 Å². The number of aryl methyl sites for hydroxylation is 1. The van der Waals surface area contributed by atoms with Crippen molar-refractivity contribution in [1.82, 2.24) is 4.98 Å². The Labute approximate surface area is 127 Å². The van der Waals surface area contributed by atoms with Gasteiger partial charge in [-0.15, -0.1) is 0 Å². The molecule has 2 heterocycles. The van der Waals surface area contributed by atoms with E-state index in [9.17, 15) is 0 Å². The van der Waals surface area contributed by atoms with Crippen molar-refractivity contribution in [1.29, 1.82) is 0 Å². The van der Waals surface area contributed by atoms with Gasteiger partial charge in [-0.3, -0.25) is 4.98 Å². The zero-order valence-corrected chi connectivity index (χ0v) is 12.7. The lowest BCUT2D eigenvalue weighted by atomic mass is 10.1. The van der Waals surface area contributed by atoms with Crippen LogP contribution in [0, 0.1) is 6.92 Å². The quantitative estimate of drug-likeness (QED) is 0.918. The van der Waals surface area contributed by atoms with Crippen LogP contribution < -0.4 is 10.2 Å². The Bertz CT molecular complexity index is 571. The summed E-state index contributed by atoms with van der Waals surface area (Å²) in [6, 6.07) is 12.8. The van der Waals surface area contributed by atoms with Crippen molar-refractivity contribution in [2.24, 2.45) is 0 Å². The fourth-order valence-corrected chi connectivity index (χ4v) is 2.82. The van der Waals surface area contributed by atoms with E-state index in [-0.39, 0.29) is 0 Å². The zero-order chi connectivity index (χ0) is 14.5. The number of piperidine rings is 1. The Morgan fingerprint density at radius 1 is 1.05 bits per heavy atom. The highest BCUT2D eigenvalue weighted by molar-refractivity contribution is 5.70. The third kappa shape index (κ3) is 3.54. The molecule has 0 spiro atoms. The number of rotatable bonds is 4. The molecule has 1 aromatic carbocycles. The average Bonchev–Trinajstić information content (AvgIpc) is 2.55. The largest absolute Gasteiger partial charge is 0.378 e. The fraction of sp³-hybridized carbons (Fsp3) is 0.389. The van der Waals surface area contributed by atoms with E-state index in [1.54, 1.807) is 0 Å². The molecule has 1 aliphatic rings. The van der Waals surface area contributed by atoms with E-state index in [4.69, 9.17) is 0 Å². The Balaban J connectivity index is 1.71. The molecule has 2 aromatic rings. The summed E-state index contributed by atoms with van der Waals surface area (Å²) in [7, 11) is 0. The molecular formula is C18H23N3. The molecule has 1 aromatic heterocycles. The molecule has 0 unspecified atom stereocenters. The number of nitrogens with zero attached hydrogens (tertiary/aromatic N) is 2. The topological polar surface area (TPSA) is 28.2 Å². The van der Waals surface area contributed by atoms with Gasteiger partial charge in [-0.1, -0.05) is 18.2 Å². The van der Waals surface area contributed by atoms with Crippen LogP contribution in [0.25, 0.3) is 0 Å². The van der Waals surface area contributed by atoms with Crippen LogP contribution >= 0.6 is 0 Å². The highest BCUT2D eigenvalue weighted by Crippen LogP contribution is 2.28. The second-order valence-electron chi connectivity index (χ2n) is 5.75. The second-order valence-corrected chi connectivity index (χ2v) is 5.75. The first-order valence-corrected chi connectivity index (χ1v) is 7.82. The molecule has 0 saturated carbocycles. The van der Waals surface area contributed by atoms with Gasteiger partial charge in [0.1, 0.15) is 0 Å². The molecule has 0 aliphatic carbocycles. The first-order chi connectivity index (χ1) is 10.3. The minimum atomic E-state index is 0.769. The Morgan fingerprint density at radius 3 is 2.62 bits per heavy atom. The number of aromatic nitrogens is 1. The number of hydrogen-bond donors (Lipinski definition) is 1. The van der Waals surface area contributed by atoms with Gasteiger partial charge in [0.2, 0.25) is 0 Å². The van der Waals surface area contributed by atoms with Crippen molar-refractivity contribution < 1.29 is 0 Å². The summed E-state index contributed by atoms with van der Waals surface area (Å²) in [5.74, 6) is 0. The first kappa shape index (κ1) is 13.9. The standard InChI is InChI=1S/C18H23N3/c1-15-9-10-16(19-13-15)14-20-17-7-3-4-8-18(17)21-11-5-2-6-12-21/h3-4,7-10,13,20H,2,5-6,11-12,14H2,1H3. The lowest BCUT2D eigenvalue weighted by Crippen LogP contribution is -2.30. The van der Waals surface area contributed by atoms with Crippen molar-refractivity contribution >= 4 is 11.4 Å². The molecule has 3 rings (SSSR count). The zero-order valence-electron chi connectivity index (χ0n) is 12.7. The maximum atomic E-state index is 4.46. The second kappa shape index (κ2) is 6.61. The summed E-state index contributed by atoms with van der Waals surface area (Å²) >= 11 is 0. The fourth-order valence-electron chi connectivity index (χ4n) is 2.82. The third-order valence-electron chi connectivity index (χ3n) is 4.03. The summed E-state index contributed by atoms with van der Waals surface area (Å²) in [5, 5.41) is 3.54. The smallest absolute Gasteiger partial charge is 0.0602 e. The first-order valence-electron chi connectivity index (χ1n) is 7.82. The molecule has 0 atom stereocenters. The van der Waals surface area contributed by atoms with Crippen LogP contribution in [-0.4, -0.2) is 18.1 Å². The SMILES string of the molecule is Cc1ccc(CNc2ccccc2N2CCCCC2)nc1. The minimum Gasteiger partial charge on any atom is -0.378 e. The molecule has 1 saturated heterocycles. The number of hydrogen-bond acceptors (Lipinski definition) is 3. The van der Waals surface area contributed by atoms with E-state index in [0.717, 1.165) is 12.2 Å². The summed E-state index contributed by atoms with van der Waals surface area (Å²) in [4.78, 5) is 6.95. The van der Waals surface area contributed by atoms with Crippen LogP contribution in [0.1, 0.15) is 30.5 Å². The summed E-state index contributed by atoms with van der Waals surface area (Å²) < 4.78 is 0. The van der Waals surface area contributed by atoms with E-state index in [2.05, 4.69) is 58.5 Å². The normalized spacial score (nSPS) is 15.0. The van der Waals surface area contributed by atoms with Crippen LogP contribution in [0.15, 0.2) is 42.6 Å². The lowest BCUT2D eigenvalue weighted by Gasteiger charge is -2.30. The van der Waals surface area contributed by atoms with Crippen LogP contribution in [0.5, 0.6) is 0 Å². The maximum Gasteiger partial charge on any atom is 0.0602 e. The molecular weight excluding hydrogens is 258 g/mol. The van der Waals surface area contributed by atoms with Gasteiger partial charge in [0.25, 0.3) is 0 Å². The van der Waals surface area contributed by atoms with E-state index in [0.29, 0.717) is 0 Å². The van der Waals surface area contributed by atoms with Crippen LogP contribution in [-0.2, 0) is 6.54 Å². The lowest BCUT2D eigenvalue weighted by molar-refractivity contribution is 0.578. The van der Waals surface area contributed by atoms with Crippen molar-refractivity contribution in [3.05, 3.63) is 53.9 Å². The predicted molar refractivity (Wildman–Crippen MR) is 88.8 cm³/mol. The van der Waals surface area contributed by atoms with E-state index >= 15 is 0 Å². The molecule has 0 radical (unpaired) electrons. The molecule has 1 aliphatic heterocycles. The average molecular weight is 281 g/mol. The molecule has 1 N–H and O–H groups in total. The van der Waals surface area contributed by atoms with Gasteiger partial charge in [0.05, 0.1) is 23.6 Å². The monoisotopic (exact) mass is 281 g/mol.